The molecule has 0 spiro atoms. The highest BCUT2D eigenvalue weighted by molar-refractivity contribution is 7.98. The fourth-order valence-corrected chi connectivity index (χ4v) is 4.90. The van der Waals surface area contributed by atoms with Gasteiger partial charge in [0.2, 0.25) is 0 Å². The molecule has 34 heavy (non-hydrogen) atoms. The van der Waals surface area contributed by atoms with E-state index in [1.165, 1.54) is 28.5 Å². The van der Waals surface area contributed by atoms with Gasteiger partial charge in [-0.05, 0) is 60.4 Å². The molecule has 1 N–H and O–H groups in total. The van der Waals surface area contributed by atoms with Crippen LogP contribution < -0.4 is 11.2 Å². The van der Waals surface area contributed by atoms with E-state index in [9.17, 15) is 14.7 Å². The lowest BCUT2D eigenvalue weighted by Crippen LogP contribution is -2.22. The maximum absolute atomic E-state index is 13.4. The first-order valence-electron chi connectivity index (χ1n) is 10.8. The van der Waals surface area contributed by atoms with E-state index >= 15 is 0 Å². The topological polar surface area (TPSA) is 98.2 Å². The van der Waals surface area contributed by atoms with Gasteiger partial charge in [-0.25, -0.2) is 19.3 Å². The molecule has 0 atom stereocenters. The maximum atomic E-state index is 13.4. The van der Waals surface area contributed by atoms with Crippen molar-refractivity contribution in [2.45, 2.75) is 31.2 Å². The summed E-state index contributed by atoms with van der Waals surface area (Å²) in [5.41, 5.74) is 2.67. The maximum Gasteiger partial charge on any atom is 0.336 e. The zero-order valence-electron chi connectivity index (χ0n) is 18.6. The van der Waals surface area contributed by atoms with E-state index in [0.717, 1.165) is 22.1 Å². The molecule has 0 amide bonds. The Hall–Kier alpha value is -3.91. The minimum Gasteiger partial charge on any atom is -0.508 e. The normalized spacial score (nSPS) is 11.4. The summed E-state index contributed by atoms with van der Waals surface area (Å²) >= 11 is 1.34. The molecule has 0 aliphatic carbocycles. The molecule has 0 saturated carbocycles. The summed E-state index contributed by atoms with van der Waals surface area (Å²) in [6.45, 7) is 3.88. The van der Waals surface area contributed by atoms with Crippen molar-refractivity contribution < 1.29 is 9.52 Å². The van der Waals surface area contributed by atoms with E-state index in [1.54, 1.807) is 18.3 Å². The Labute approximate surface area is 198 Å². The zero-order chi connectivity index (χ0) is 23.8. The van der Waals surface area contributed by atoms with Crippen LogP contribution in [0.15, 0.2) is 80.0 Å². The fourth-order valence-electron chi connectivity index (χ4n) is 3.91. The van der Waals surface area contributed by atoms with Gasteiger partial charge >= 0.3 is 5.63 Å². The number of phenolic OH excluding ortho intramolecular Hbond substituents is 1. The van der Waals surface area contributed by atoms with Gasteiger partial charge in [-0.1, -0.05) is 30.8 Å². The number of aromatic nitrogens is 3. The van der Waals surface area contributed by atoms with Crippen LogP contribution in [0, 0.1) is 6.92 Å². The van der Waals surface area contributed by atoms with Crippen molar-refractivity contribution in [1.82, 2.24) is 14.5 Å². The summed E-state index contributed by atoms with van der Waals surface area (Å²) in [6, 6.07) is 15.7. The molecule has 5 aromatic rings. The Morgan fingerprint density at radius 2 is 1.85 bits per heavy atom. The number of fused-ring (bicyclic) bond motifs is 2. The molecule has 0 aliphatic rings. The molecule has 0 aliphatic heterocycles. The van der Waals surface area contributed by atoms with Crippen molar-refractivity contribution in [3.63, 3.8) is 0 Å². The van der Waals surface area contributed by atoms with Crippen LogP contribution >= 0.6 is 11.8 Å². The molecule has 0 fully saturated rings. The van der Waals surface area contributed by atoms with E-state index in [-0.39, 0.29) is 11.3 Å². The Balaban J connectivity index is 1.65. The first-order valence-corrected chi connectivity index (χ1v) is 11.8. The lowest BCUT2D eigenvalue weighted by molar-refractivity contribution is 0.466. The Morgan fingerprint density at radius 3 is 2.65 bits per heavy atom. The number of thioether (sulfide) groups is 1. The van der Waals surface area contributed by atoms with Crippen LogP contribution in [0.25, 0.3) is 27.7 Å². The van der Waals surface area contributed by atoms with Crippen LogP contribution in [0.4, 0.5) is 0 Å². The minimum atomic E-state index is -0.504. The van der Waals surface area contributed by atoms with E-state index in [0.29, 0.717) is 39.6 Å². The first kappa shape index (κ1) is 21.9. The van der Waals surface area contributed by atoms with Crippen molar-refractivity contribution in [3.05, 3.63) is 98.3 Å². The minimum absolute atomic E-state index is 0.0958. The average molecular weight is 472 g/mol. The number of hydrogen-bond acceptors (Lipinski definition) is 7. The molecule has 3 aromatic heterocycles. The molecular weight excluding hydrogens is 450 g/mol. The monoisotopic (exact) mass is 471 g/mol. The van der Waals surface area contributed by atoms with Crippen LogP contribution in [0.5, 0.6) is 5.75 Å². The third-order valence-electron chi connectivity index (χ3n) is 5.64. The highest BCUT2D eigenvalue weighted by Gasteiger charge is 2.16. The number of nitrogens with zero attached hydrogens (tertiary/aromatic N) is 3. The number of aromatic hydroxyl groups is 1. The Morgan fingerprint density at radius 1 is 1.03 bits per heavy atom. The van der Waals surface area contributed by atoms with Gasteiger partial charge in [-0.3, -0.25) is 4.79 Å². The predicted octanol–water partition coefficient (Wildman–Crippen LogP) is 4.76. The first-order chi connectivity index (χ1) is 16.4. The fraction of sp³-hybridized carbons (Fsp3) is 0.154. The van der Waals surface area contributed by atoms with Gasteiger partial charge in [-0.2, -0.15) is 0 Å². The molecule has 0 radical (unpaired) electrons. The highest BCUT2D eigenvalue weighted by Crippen LogP contribution is 2.31. The van der Waals surface area contributed by atoms with Crippen molar-refractivity contribution in [2.75, 3.05) is 0 Å². The number of aryl methyl sites for hydroxylation is 2. The zero-order valence-corrected chi connectivity index (χ0v) is 19.4. The summed E-state index contributed by atoms with van der Waals surface area (Å²) in [7, 11) is 0. The van der Waals surface area contributed by atoms with Gasteiger partial charge in [0, 0.05) is 29.5 Å². The van der Waals surface area contributed by atoms with Crippen molar-refractivity contribution in [3.8, 4) is 11.6 Å². The summed E-state index contributed by atoms with van der Waals surface area (Å²) in [5, 5.41) is 11.9. The van der Waals surface area contributed by atoms with Crippen LogP contribution in [-0.2, 0) is 12.2 Å². The molecule has 8 heteroatoms. The number of benzene rings is 2. The number of pyridine rings is 1. The summed E-state index contributed by atoms with van der Waals surface area (Å²) in [5.74, 6) is 0.951. The third kappa shape index (κ3) is 3.97. The van der Waals surface area contributed by atoms with Gasteiger partial charge in [0.25, 0.3) is 5.56 Å². The SMILES string of the molecule is CCc1cc2c(CSc3nc4ccccc4c(=O)n3-c3cc(C)ccn3)cc(=O)oc2cc1O. The molecule has 0 saturated heterocycles. The quantitative estimate of drug-likeness (QED) is 0.224. The lowest BCUT2D eigenvalue weighted by atomic mass is 10.1. The van der Waals surface area contributed by atoms with Gasteiger partial charge in [0.1, 0.15) is 17.2 Å². The largest absolute Gasteiger partial charge is 0.508 e. The molecule has 2 aromatic carbocycles. The average Bonchev–Trinajstić information content (AvgIpc) is 2.82. The predicted molar refractivity (Wildman–Crippen MR) is 133 cm³/mol. The molecule has 0 unspecified atom stereocenters. The van der Waals surface area contributed by atoms with Gasteiger partial charge < -0.3 is 9.52 Å². The number of para-hydroxylation sites is 1. The van der Waals surface area contributed by atoms with E-state index in [4.69, 9.17) is 9.40 Å². The van der Waals surface area contributed by atoms with Gasteiger partial charge in [0.05, 0.1) is 10.9 Å². The molecular formula is C26H21N3O4S. The summed E-state index contributed by atoms with van der Waals surface area (Å²) < 4.78 is 6.82. The van der Waals surface area contributed by atoms with Crippen LogP contribution in [0.3, 0.4) is 0 Å². The summed E-state index contributed by atoms with van der Waals surface area (Å²) in [6.07, 6.45) is 2.30. The second-order valence-corrected chi connectivity index (χ2v) is 8.90. The molecule has 7 nitrogen and oxygen atoms in total. The third-order valence-corrected chi connectivity index (χ3v) is 6.63. The van der Waals surface area contributed by atoms with E-state index < -0.39 is 5.63 Å². The van der Waals surface area contributed by atoms with Gasteiger partial charge in [-0.15, -0.1) is 0 Å². The van der Waals surface area contributed by atoms with Crippen LogP contribution in [0.2, 0.25) is 0 Å². The smallest absolute Gasteiger partial charge is 0.336 e. The number of hydrogen-bond donors (Lipinski definition) is 1. The molecule has 170 valence electrons. The Bertz CT molecular complexity index is 1670. The molecule has 0 bridgehead atoms. The second-order valence-electron chi connectivity index (χ2n) is 7.95. The van der Waals surface area contributed by atoms with Crippen LogP contribution in [-0.4, -0.2) is 19.6 Å². The van der Waals surface area contributed by atoms with Crippen molar-refractivity contribution >= 4 is 33.6 Å². The Kier molecular flexibility index (Phi) is 5.67. The highest BCUT2D eigenvalue weighted by atomic mass is 32.2. The second kappa shape index (κ2) is 8.79. The van der Waals surface area contributed by atoms with Crippen LogP contribution in [0.1, 0.15) is 23.6 Å². The number of rotatable bonds is 5. The number of phenols is 1. The van der Waals surface area contributed by atoms with Gasteiger partial charge in [0.15, 0.2) is 5.16 Å². The lowest BCUT2D eigenvalue weighted by Gasteiger charge is -2.13. The summed E-state index contributed by atoms with van der Waals surface area (Å²) in [4.78, 5) is 34.8. The van der Waals surface area contributed by atoms with Crippen molar-refractivity contribution in [2.24, 2.45) is 0 Å². The standard InChI is InChI=1S/C26H21N3O4S/c1-3-16-11-19-17(12-24(31)33-22(19)13-21(16)30)14-34-26-28-20-7-5-4-6-18(20)25(32)29(26)23-10-15(2)8-9-27-23/h4-13,30H,3,14H2,1-2H3. The van der Waals surface area contributed by atoms with E-state index in [2.05, 4.69) is 4.98 Å². The van der Waals surface area contributed by atoms with E-state index in [1.807, 2.05) is 44.2 Å². The molecule has 3 heterocycles. The van der Waals surface area contributed by atoms with Crippen molar-refractivity contribution in [1.29, 1.82) is 0 Å². The molecule has 5 rings (SSSR count).